The molecule has 0 spiro atoms. The summed E-state index contributed by atoms with van der Waals surface area (Å²) in [5, 5.41) is 6.07. The van der Waals surface area contributed by atoms with Crippen LogP contribution in [-0.2, 0) is 9.53 Å². The fourth-order valence-corrected chi connectivity index (χ4v) is 2.31. The molecule has 0 unspecified atom stereocenters. The smallest absolute Gasteiger partial charge is 0.351 e. The Labute approximate surface area is 120 Å². The number of thiazole rings is 1. The van der Waals surface area contributed by atoms with Crippen LogP contribution in [0.15, 0.2) is 0 Å². The predicted octanol–water partition coefficient (Wildman–Crippen LogP) is 1.91. The molecule has 0 saturated heterocycles. The monoisotopic (exact) mass is 305 g/mol. The molecule has 0 saturated carbocycles. The highest BCUT2D eigenvalue weighted by Gasteiger charge is 2.18. The van der Waals surface area contributed by atoms with Gasteiger partial charge < -0.3 is 15.4 Å². The van der Waals surface area contributed by atoms with Gasteiger partial charge in [0, 0.05) is 5.54 Å². The fourth-order valence-electron chi connectivity index (χ4n) is 1.21. The second-order valence-corrected chi connectivity index (χ2v) is 6.14. The van der Waals surface area contributed by atoms with Crippen molar-refractivity contribution < 1.29 is 14.3 Å². The van der Waals surface area contributed by atoms with Gasteiger partial charge in [-0.2, -0.15) is 0 Å². The number of halogens is 1. The second-order valence-electron chi connectivity index (χ2n) is 4.78. The first-order chi connectivity index (χ1) is 8.73. The number of ether oxygens (including phenoxy) is 1. The molecule has 1 aromatic heterocycles. The molecule has 0 aromatic carbocycles. The largest absolute Gasteiger partial charge is 0.465 e. The van der Waals surface area contributed by atoms with E-state index in [1.165, 1.54) is 7.11 Å². The summed E-state index contributed by atoms with van der Waals surface area (Å²) in [7, 11) is 1.27. The Bertz CT molecular complexity index is 482. The summed E-state index contributed by atoms with van der Waals surface area (Å²) in [5.74, 6) is -0.715. The van der Waals surface area contributed by atoms with Crippen molar-refractivity contribution in [3.05, 3.63) is 10.0 Å². The summed E-state index contributed by atoms with van der Waals surface area (Å²) in [5.41, 5.74) is -0.295. The third kappa shape index (κ3) is 5.04. The van der Waals surface area contributed by atoms with E-state index in [0.717, 1.165) is 11.3 Å². The van der Waals surface area contributed by atoms with Gasteiger partial charge in [-0.25, -0.2) is 9.78 Å². The summed E-state index contributed by atoms with van der Waals surface area (Å²) in [6, 6.07) is 0. The van der Waals surface area contributed by atoms with Gasteiger partial charge in [-0.3, -0.25) is 4.79 Å². The number of rotatable bonds is 4. The predicted molar refractivity (Wildman–Crippen MR) is 74.8 cm³/mol. The quantitative estimate of drug-likeness (QED) is 0.831. The number of nitrogens with zero attached hydrogens (tertiary/aromatic N) is 1. The molecule has 1 aromatic rings. The maximum absolute atomic E-state index is 11.6. The van der Waals surface area contributed by atoms with Gasteiger partial charge in [0.2, 0.25) is 5.91 Å². The third-order valence-corrected chi connectivity index (χ3v) is 3.25. The van der Waals surface area contributed by atoms with E-state index >= 15 is 0 Å². The number of esters is 1. The Kier molecular flexibility index (Phi) is 5.13. The lowest BCUT2D eigenvalue weighted by Gasteiger charge is -2.20. The molecule has 8 heteroatoms. The normalized spacial score (nSPS) is 11.0. The van der Waals surface area contributed by atoms with Gasteiger partial charge in [-0.05, 0) is 20.8 Å². The van der Waals surface area contributed by atoms with Gasteiger partial charge in [-0.15, -0.1) is 0 Å². The summed E-state index contributed by atoms with van der Waals surface area (Å²) in [6.07, 6.45) is 0. The highest BCUT2D eigenvalue weighted by Crippen LogP contribution is 2.27. The van der Waals surface area contributed by atoms with E-state index in [4.69, 9.17) is 11.6 Å². The lowest BCUT2D eigenvalue weighted by Crippen LogP contribution is -2.43. The number of hydrogen-bond donors (Lipinski definition) is 2. The van der Waals surface area contributed by atoms with E-state index in [-0.39, 0.29) is 28.0 Å². The van der Waals surface area contributed by atoms with Gasteiger partial charge in [-0.1, -0.05) is 22.9 Å². The Balaban J connectivity index is 2.60. The fraction of sp³-hybridized carbons (Fsp3) is 0.545. The van der Waals surface area contributed by atoms with Gasteiger partial charge in [0.1, 0.15) is 0 Å². The molecule has 0 aliphatic rings. The summed E-state index contributed by atoms with van der Waals surface area (Å²) < 4.78 is 4.56. The number of aromatic nitrogens is 1. The Morgan fingerprint density at radius 3 is 2.58 bits per heavy atom. The highest BCUT2D eigenvalue weighted by atomic mass is 35.5. The molecule has 0 atom stereocenters. The molecular weight excluding hydrogens is 290 g/mol. The van der Waals surface area contributed by atoms with Crippen LogP contribution in [0.3, 0.4) is 0 Å². The molecule has 0 aliphatic carbocycles. The number of carbonyl (C=O) groups excluding carboxylic acids is 2. The molecule has 0 aliphatic heterocycles. The van der Waals surface area contributed by atoms with E-state index < -0.39 is 5.97 Å². The first-order valence-electron chi connectivity index (χ1n) is 5.52. The Hall–Kier alpha value is -1.34. The molecular formula is C11H16ClN3O3S. The summed E-state index contributed by atoms with van der Waals surface area (Å²) >= 11 is 6.84. The van der Waals surface area contributed by atoms with Crippen LogP contribution in [0.25, 0.3) is 0 Å². The molecule has 0 radical (unpaired) electrons. The maximum atomic E-state index is 11.6. The first-order valence-corrected chi connectivity index (χ1v) is 6.72. The number of anilines is 1. The van der Waals surface area contributed by atoms with E-state index in [2.05, 4.69) is 20.4 Å². The van der Waals surface area contributed by atoms with Gasteiger partial charge in [0.15, 0.2) is 15.2 Å². The lowest BCUT2D eigenvalue weighted by molar-refractivity contribution is -0.120. The van der Waals surface area contributed by atoms with Crippen molar-refractivity contribution in [2.24, 2.45) is 0 Å². The highest BCUT2D eigenvalue weighted by molar-refractivity contribution is 7.18. The van der Waals surface area contributed by atoms with Crippen LogP contribution in [-0.4, -0.2) is 36.1 Å². The molecule has 19 heavy (non-hydrogen) atoms. The average Bonchev–Trinajstić information content (AvgIpc) is 2.65. The molecule has 0 bridgehead atoms. The maximum Gasteiger partial charge on any atom is 0.351 e. The minimum absolute atomic E-state index is 0.0573. The molecule has 1 rings (SSSR count). The topological polar surface area (TPSA) is 80.3 Å². The number of carbonyl (C=O) groups is 2. The molecule has 1 heterocycles. The SMILES string of the molecule is COC(=O)c1sc(NCC(=O)NC(C)(C)C)nc1Cl. The third-order valence-electron chi connectivity index (χ3n) is 1.87. The average molecular weight is 306 g/mol. The van der Waals surface area contributed by atoms with Crippen LogP contribution in [0.2, 0.25) is 5.15 Å². The number of amides is 1. The van der Waals surface area contributed by atoms with Crippen LogP contribution >= 0.6 is 22.9 Å². The lowest BCUT2D eigenvalue weighted by atomic mass is 10.1. The molecule has 2 N–H and O–H groups in total. The zero-order chi connectivity index (χ0) is 14.6. The van der Waals surface area contributed by atoms with Crippen molar-refractivity contribution in [3.63, 3.8) is 0 Å². The molecule has 0 fully saturated rings. The zero-order valence-corrected chi connectivity index (χ0v) is 12.7. The minimum atomic E-state index is -0.547. The van der Waals surface area contributed by atoms with Crippen molar-refractivity contribution in [1.82, 2.24) is 10.3 Å². The summed E-state index contributed by atoms with van der Waals surface area (Å²) in [4.78, 5) is 27.1. The van der Waals surface area contributed by atoms with E-state index in [0.29, 0.717) is 5.13 Å². The van der Waals surface area contributed by atoms with Crippen LogP contribution in [0.1, 0.15) is 30.4 Å². The van der Waals surface area contributed by atoms with E-state index in [9.17, 15) is 9.59 Å². The summed E-state index contributed by atoms with van der Waals surface area (Å²) in [6.45, 7) is 5.73. The number of nitrogens with one attached hydrogen (secondary N) is 2. The number of hydrogen-bond acceptors (Lipinski definition) is 6. The van der Waals surface area contributed by atoms with Crippen LogP contribution in [0.5, 0.6) is 0 Å². The van der Waals surface area contributed by atoms with Crippen LogP contribution in [0.4, 0.5) is 5.13 Å². The van der Waals surface area contributed by atoms with Gasteiger partial charge in [0.25, 0.3) is 0 Å². The second kappa shape index (κ2) is 6.21. The molecule has 6 nitrogen and oxygen atoms in total. The van der Waals surface area contributed by atoms with Crippen molar-refractivity contribution in [1.29, 1.82) is 0 Å². The Morgan fingerprint density at radius 1 is 1.42 bits per heavy atom. The first kappa shape index (κ1) is 15.7. The molecule has 1 amide bonds. The minimum Gasteiger partial charge on any atom is -0.465 e. The number of methoxy groups -OCH3 is 1. The van der Waals surface area contributed by atoms with Gasteiger partial charge in [0.05, 0.1) is 13.7 Å². The standard InChI is InChI=1S/C11H16ClN3O3S/c1-11(2,3)15-6(16)5-13-10-14-8(12)7(19-10)9(17)18-4/h5H2,1-4H3,(H,13,14)(H,15,16). The van der Waals surface area contributed by atoms with Crippen molar-refractivity contribution in [3.8, 4) is 0 Å². The van der Waals surface area contributed by atoms with Crippen LogP contribution < -0.4 is 10.6 Å². The zero-order valence-electron chi connectivity index (χ0n) is 11.2. The Morgan fingerprint density at radius 2 is 2.05 bits per heavy atom. The van der Waals surface area contributed by atoms with Crippen molar-refractivity contribution in [2.75, 3.05) is 19.0 Å². The molecule has 106 valence electrons. The van der Waals surface area contributed by atoms with Crippen molar-refractivity contribution >= 4 is 39.9 Å². The van der Waals surface area contributed by atoms with E-state index in [1.807, 2.05) is 20.8 Å². The van der Waals surface area contributed by atoms with E-state index in [1.54, 1.807) is 0 Å². The van der Waals surface area contributed by atoms with Crippen molar-refractivity contribution in [2.45, 2.75) is 26.3 Å². The van der Waals surface area contributed by atoms with Crippen LogP contribution in [0, 0.1) is 0 Å². The van der Waals surface area contributed by atoms with Gasteiger partial charge >= 0.3 is 5.97 Å².